The third-order valence-electron chi connectivity index (χ3n) is 7.38. The zero-order chi connectivity index (χ0) is 29.8. The first-order valence-electron chi connectivity index (χ1n) is 14.2. The van der Waals surface area contributed by atoms with E-state index in [0.29, 0.717) is 37.4 Å². The molecule has 1 aliphatic carbocycles. The first-order valence-corrected chi connectivity index (χ1v) is 14.2. The number of benzene rings is 1. The smallest absolute Gasteiger partial charge is 0.410 e. The summed E-state index contributed by atoms with van der Waals surface area (Å²) in [6, 6.07) is 3.60. The van der Waals surface area contributed by atoms with Crippen molar-refractivity contribution >= 4 is 17.9 Å². The number of aromatic nitrogens is 3. The van der Waals surface area contributed by atoms with E-state index in [4.69, 9.17) is 9.47 Å². The summed E-state index contributed by atoms with van der Waals surface area (Å²) in [5, 5.41) is 22.1. The Balaban J connectivity index is 1.44. The molecule has 2 aromatic rings. The second-order valence-corrected chi connectivity index (χ2v) is 11.9. The van der Waals surface area contributed by atoms with E-state index >= 15 is 0 Å². The average molecular weight is 574 g/mol. The number of amides is 3. The van der Waals surface area contributed by atoms with Crippen LogP contribution < -0.4 is 10.1 Å². The van der Waals surface area contributed by atoms with Crippen molar-refractivity contribution in [2.24, 2.45) is 5.92 Å². The lowest BCUT2D eigenvalue weighted by atomic mass is 9.90. The normalized spacial score (nSPS) is 18.9. The highest BCUT2D eigenvalue weighted by molar-refractivity contribution is 6.01. The molecular formula is C29H40FN5O6. The third-order valence-corrected chi connectivity index (χ3v) is 7.38. The molecule has 12 heteroatoms. The second-order valence-electron chi connectivity index (χ2n) is 11.9. The Kier molecular flexibility index (Phi) is 9.31. The van der Waals surface area contributed by atoms with Gasteiger partial charge < -0.3 is 14.6 Å². The minimum Gasteiger partial charge on any atom is -0.490 e. The summed E-state index contributed by atoms with van der Waals surface area (Å²) >= 11 is 0. The van der Waals surface area contributed by atoms with Gasteiger partial charge in [0.25, 0.3) is 0 Å². The van der Waals surface area contributed by atoms with Gasteiger partial charge in [-0.3, -0.25) is 19.8 Å². The van der Waals surface area contributed by atoms with Crippen LogP contribution in [0, 0.1) is 11.7 Å². The van der Waals surface area contributed by atoms with Gasteiger partial charge in [0.15, 0.2) is 11.6 Å². The number of aryl methyl sites for hydroxylation is 1. The molecule has 224 valence electrons. The molecule has 1 aromatic carbocycles. The Morgan fingerprint density at radius 2 is 2.00 bits per heavy atom. The summed E-state index contributed by atoms with van der Waals surface area (Å²) in [6.07, 6.45) is 4.71. The molecule has 1 aliphatic heterocycles. The monoisotopic (exact) mass is 573 g/mol. The fourth-order valence-corrected chi connectivity index (χ4v) is 4.76. The molecule has 2 atom stereocenters. The number of halogens is 1. The third kappa shape index (κ3) is 8.02. The number of hydrogen-bond acceptors (Lipinski definition) is 8. The Labute approximate surface area is 239 Å². The Morgan fingerprint density at radius 1 is 1.24 bits per heavy atom. The molecule has 2 heterocycles. The molecular weight excluding hydrogens is 533 g/mol. The summed E-state index contributed by atoms with van der Waals surface area (Å²) < 4.78 is 27.2. The van der Waals surface area contributed by atoms with Crippen molar-refractivity contribution in [1.29, 1.82) is 0 Å². The maximum absolute atomic E-state index is 14.4. The molecule has 2 unspecified atom stereocenters. The van der Waals surface area contributed by atoms with Gasteiger partial charge in [0.05, 0.1) is 25.0 Å². The molecule has 0 spiro atoms. The van der Waals surface area contributed by atoms with Crippen molar-refractivity contribution in [2.45, 2.75) is 96.4 Å². The van der Waals surface area contributed by atoms with Gasteiger partial charge in [-0.05, 0) is 82.9 Å². The van der Waals surface area contributed by atoms with Crippen LogP contribution in [0.4, 0.5) is 9.18 Å². The molecule has 11 nitrogen and oxygen atoms in total. The van der Waals surface area contributed by atoms with Crippen molar-refractivity contribution < 1.29 is 33.4 Å². The number of nitrogens with zero attached hydrogens (tertiary/aromatic N) is 4. The van der Waals surface area contributed by atoms with E-state index in [0.717, 1.165) is 18.5 Å². The Morgan fingerprint density at radius 3 is 2.66 bits per heavy atom. The maximum Gasteiger partial charge on any atom is 0.410 e. The van der Waals surface area contributed by atoms with Crippen LogP contribution in [0.3, 0.4) is 0 Å². The first-order chi connectivity index (χ1) is 19.4. The fraction of sp³-hybridized carbons (Fsp3) is 0.621. The van der Waals surface area contributed by atoms with Crippen LogP contribution in [0.25, 0.3) is 0 Å². The summed E-state index contributed by atoms with van der Waals surface area (Å²) in [4.78, 5) is 38.6. The first kappa shape index (κ1) is 30.4. The number of rotatable bonds is 12. The molecule has 2 fully saturated rings. The molecule has 0 radical (unpaired) electrons. The van der Waals surface area contributed by atoms with Crippen LogP contribution in [-0.2, 0) is 32.9 Å². The lowest BCUT2D eigenvalue weighted by Gasteiger charge is -2.34. The number of hydrogen-bond donors (Lipinski definition) is 2. The minimum absolute atomic E-state index is 0.0788. The molecule has 2 aliphatic rings. The molecule has 1 saturated carbocycles. The Bertz CT molecular complexity index is 1260. The van der Waals surface area contributed by atoms with Crippen molar-refractivity contribution in [1.82, 2.24) is 25.2 Å². The van der Waals surface area contributed by atoms with Crippen LogP contribution in [-0.4, -0.2) is 67.7 Å². The second kappa shape index (κ2) is 12.5. The van der Waals surface area contributed by atoms with Crippen LogP contribution in [0.5, 0.6) is 5.75 Å². The standard InChI is InChI=1S/C29H40FN5O6/c1-5-29(39,20-10-11-22(30)24(15-20)40-17-19-8-9-19)18-35-21(16-31-33-35)7-6-14-34(27(38)41-28(2,3)4)23-12-13-25(36)32-26(23)37/h10-11,15-16,19,23,39H,5-9,12-14,17-18H2,1-4H3,(H,32,36,37). The van der Waals surface area contributed by atoms with Crippen LogP contribution in [0.15, 0.2) is 24.4 Å². The van der Waals surface area contributed by atoms with Crippen LogP contribution >= 0.6 is 0 Å². The number of ether oxygens (including phenoxy) is 2. The summed E-state index contributed by atoms with van der Waals surface area (Å²) in [6.45, 7) is 7.81. The van der Waals surface area contributed by atoms with Gasteiger partial charge in [-0.2, -0.15) is 0 Å². The highest BCUT2D eigenvalue weighted by atomic mass is 19.1. The molecule has 41 heavy (non-hydrogen) atoms. The van der Waals surface area contributed by atoms with Crippen molar-refractivity contribution in [3.8, 4) is 5.75 Å². The van der Waals surface area contributed by atoms with E-state index in [1.807, 2.05) is 6.92 Å². The molecule has 4 rings (SSSR count). The number of piperidine rings is 1. The highest BCUT2D eigenvalue weighted by Gasteiger charge is 2.36. The van der Waals surface area contributed by atoms with E-state index in [1.165, 1.54) is 11.0 Å². The zero-order valence-electron chi connectivity index (χ0n) is 24.2. The highest BCUT2D eigenvalue weighted by Crippen LogP contribution is 2.34. The zero-order valence-corrected chi connectivity index (χ0v) is 24.2. The summed E-state index contributed by atoms with van der Waals surface area (Å²) in [5.74, 6) is -0.777. The predicted molar refractivity (Wildman–Crippen MR) is 146 cm³/mol. The van der Waals surface area contributed by atoms with Gasteiger partial charge in [0, 0.05) is 13.0 Å². The van der Waals surface area contributed by atoms with Crippen molar-refractivity contribution in [3.63, 3.8) is 0 Å². The van der Waals surface area contributed by atoms with Crippen molar-refractivity contribution in [2.75, 3.05) is 13.2 Å². The SMILES string of the molecule is CCC(O)(Cn1nncc1CCCN(C(=O)OC(C)(C)C)C1CCC(=O)NC1=O)c1ccc(F)c(OCC2CC2)c1. The lowest BCUT2D eigenvalue weighted by molar-refractivity contribution is -0.137. The van der Waals surface area contributed by atoms with Gasteiger partial charge in [0.1, 0.15) is 17.2 Å². The van der Waals surface area contributed by atoms with Gasteiger partial charge in [-0.25, -0.2) is 13.9 Å². The number of nitrogens with one attached hydrogen (secondary N) is 1. The van der Waals surface area contributed by atoms with Gasteiger partial charge in [-0.15, -0.1) is 5.10 Å². The number of carbonyl (C=O) groups is 3. The predicted octanol–water partition coefficient (Wildman–Crippen LogP) is 3.48. The molecule has 2 N–H and O–H groups in total. The van der Waals surface area contributed by atoms with E-state index in [9.17, 15) is 23.9 Å². The van der Waals surface area contributed by atoms with E-state index in [2.05, 4.69) is 15.6 Å². The quantitative estimate of drug-likeness (QED) is 0.369. The van der Waals surface area contributed by atoms with Gasteiger partial charge in [0.2, 0.25) is 11.8 Å². The summed E-state index contributed by atoms with van der Waals surface area (Å²) in [5.41, 5.74) is -0.880. The molecule has 1 saturated heterocycles. The van der Waals surface area contributed by atoms with Gasteiger partial charge in [-0.1, -0.05) is 18.2 Å². The number of imide groups is 1. The van der Waals surface area contributed by atoms with E-state index in [1.54, 1.807) is 43.8 Å². The lowest BCUT2D eigenvalue weighted by Crippen LogP contribution is -2.55. The number of aliphatic hydroxyl groups is 1. The average Bonchev–Trinajstić information content (AvgIpc) is 3.63. The number of carbonyl (C=O) groups excluding carboxylic acids is 3. The fourth-order valence-electron chi connectivity index (χ4n) is 4.76. The summed E-state index contributed by atoms with van der Waals surface area (Å²) in [7, 11) is 0. The van der Waals surface area contributed by atoms with Crippen LogP contribution in [0.2, 0.25) is 0 Å². The van der Waals surface area contributed by atoms with E-state index < -0.39 is 35.1 Å². The minimum atomic E-state index is -1.36. The maximum atomic E-state index is 14.4. The van der Waals surface area contributed by atoms with E-state index in [-0.39, 0.29) is 37.6 Å². The molecule has 1 aromatic heterocycles. The largest absolute Gasteiger partial charge is 0.490 e. The Hall–Kier alpha value is -3.54. The topological polar surface area (TPSA) is 136 Å². The molecule has 3 amide bonds. The molecule has 0 bridgehead atoms. The van der Waals surface area contributed by atoms with Gasteiger partial charge >= 0.3 is 6.09 Å². The van der Waals surface area contributed by atoms with Crippen LogP contribution in [0.1, 0.15) is 77.5 Å². The van der Waals surface area contributed by atoms with Crippen molar-refractivity contribution in [3.05, 3.63) is 41.5 Å².